The van der Waals surface area contributed by atoms with Crippen molar-refractivity contribution in [2.24, 2.45) is 5.92 Å². The molecule has 1 atom stereocenters. The van der Waals surface area contributed by atoms with E-state index in [4.69, 9.17) is 23.2 Å². The van der Waals surface area contributed by atoms with Gasteiger partial charge in [-0.2, -0.15) is 0 Å². The van der Waals surface area contributed by atoms with Gasteiger partial charge in [-0.1, -0.05) is 49.4 Å². The van der Waals surface area contributed by atoms with E-state index in [1.807, 2.05) is 18.2 Å². The Labute approximate surface area is 126 Å². The zero-order valence-corrected chi connectivity index (χ0v) is 13.1. The Kier molecular flexibility index (Phi) is 6.00. The second-order valence-electron chi connectivity index (χ2n) is 5.62. The SMILES string of the molecule is CCCNC(Cc1cc(Cl)ccc1Cl)CC1CCC1. The molecule has 1 aromatic carbocycles. The van der Waals surface area contributed by atoms with Crippen LogP contribution in [0.3, 0.4) is 0 Å². The maximum atomic E-state index is 6.27. The lowest BCUT2D eigenvalue weighted by Gasteiger charge is -2.30. The smallest absolute Gasteiger partial charge is 0.0439 e. The molecule has 0 spiro atoms. The van der Waals surface area contributed by atoms with Crippen molar-refractivity contribution in [3.8, 4) is 0 Å². The van der Waals surface area contributed by atoms with Crippen LogP contribution in [0, 0.1) is 5.92 Å². The molecule has 106 valence electrons. The summed E-state index contributed by atoms with van der Waals surface area (Å²) in [5.41, 5.74) is 1.17. The molecule has 0 heterocycles. The predicted octanol–water partition coefficient (Wildman–Crippen LogP) is 5.09. The second-order valence-corrected chi connectivity index (χ2v) is 6.47. The van der Waals surface area contributed by atoms with E-state index in [1.54, 1.807) is 0 Å². The fourth-order valence-corrected chi connectivity index (χ4v) is 3.07. The average Bonchev–Trinajstić information content (AvgIpc) is 2.34. The maximum absolute atomic E-state index is 6.27. The van der Waals surface area contributed by atoms with Crippen LogP contribution in [0.2, 0.25) is 10.0 Å². The van der Waals surface area contributed by atoms with Crippen LogP contribution in [0.5, 0.6) is 0 Å². The number of benzene rings is 1. The molecular weight excluding hydrogens is 277 g/mol. The van der Waals surface area contributed by atoms with Gasteiger partial charge in [-0.15, -0.1) is 0 Å². The Morgan fingerprint density at radius 3 is 2.74 bits per heavy atom. The summed E-state index contributed by atoms with van der Waals surface area (Å²) in [4.78, 5) is 0. The number of hydrogen-bond acceptors (Lipinski definition) is 1. The largest absolute Gasteiger partial charge is 0.314 e. The van der Waals surface area contributed by atoms with E-state index in [1.165, 1.54) is 37.7 Å². The molecule has 1 fully saturated rings. The summed E-state index contributed by atoms with van der Waals surface area (Å²) < 4.78 is 0. The van der Waals surface area contributed by atoms with Crippen LogP contribution in [0.15, 0.2) is 18.2 Å². The first kappa shape index (κ1) is 15.2. The van der Waals surface area contributed by atoms with E-state index in [-0.39, 0.29) is 0 Å². The van der Waals surface area contributed by atoms with E-state index in [0.29, 0.717) is 6.04 Å². The lowest BCUT2D eigenvalue weighted by Crippen LogP contribution is -2.35. The normalized spacial score (nSPS) is 17.2. The minimum Gasteiger partial charge on any atom is -0.314 e. The lowest BCUT2D eigenvalue weighted by atomic mass is 9.80. The minimum atomic E-state index is 0.529. The highest BCUT2D eigenvalue weighted by Gasteiger charge is 2.22. The van der Waals surface area contributed by atoms with E-state index < -0.39 is 0 Å². The zero-order chi connectivity index (χ0) is 13.7. The molecule has 1 aliphatic rings. The molecule has 0 amide bonds. The topological polar surface area (TPSA) is 12.0 Å². The highest BCUT2D eigenvalue weighted by molar-refractivity contribution is 6.33. The number of rotatable bonds is 7. The molecule has 19 heavy (non-hydrogen) atoms. The molecule has 1 aromatic rings. The molecule has 0 aliphatic heterocycles. The molecule has 0 aromatic heterocycles. The first-order chi connectivity index (χ1) is 9.19. The van der Waals surface area contributed by atoms with Gasteiger partial charge in [0, 0.05) is 16.1 Å². The minimum absolute atomic E-state index is 0.529. The monoisotopic (exact) mass is 299 g/mol. The van der Waals surface area contributed by atoms with E-state index in [2.05, 4.69) is 12.2 Å². The van der Waals surface area contributed by atoms with Crippen molar-refractivity contribution < 1.29 is 0 Å². The molecule has 3 heteroatoms. The van der Waals surface area contributed by atoms with Gasteiger partial charge in [0.05, 0.1) is 0 Å². The van der Waals surface area contributed by atoms with Crippen molar-refractivity contribution in [2.75, 3.05) is 6.54 Å². The van der Waals surface area contributed by atoms with Crippen LogP contribution in [0.1, 0.15) is 44.6 Å². The third-order valence-corrected chi connectivity index (χ3v) is 4.60. The average molecular weight is 300 g/mol. The van der Waals surface area contributed by atoms with Crippen LogP contribution >= 0.6 is 23.2 Å². The van der Waals surface area contributed by atoms with Gasteiger partial charge in [0.2, 0.25) is 0 Å². The molecule has 0 radical (unpaired) electrons. The summed E-state index contributed by atoms with van der Waals surface area (Å²) in [7, 11) is 0. The summed E-state index contributed by atoms with van der Waals surface area (Å²) in [6, 6.07) is 6.29. The third-order valence-electron chi connectivity index (χ3n) is 4.00. The molecule has 1 aliphatic carbocycles. The molecule has 0 saturated heterocycles. The quantitative estimate of drug-likeness (QED) is 0.739. The fourth-order valence-electron chi connectivity index (χ4n) is 2.68. The maximum Gasteiger partial charge on any atom is 0.0439 e. The van der Waals surface area contributed by atoms with Gasteiger partial charge < -0.3 is 5.32 Å². The van der Waals surface area contributed by atoms with E-state index in [0.717, 1.165) is 28.9 Å². The standard InChI is InChI=1S/C16H23Cl2N/c1-2-8-19-15(9-12-4-3-5-12)11-13-10-14(17)6-7-16(13)18/h6-7,10,12,15,19H,2-5,8-9,11H2,1H3. The molecule has 1 unspecified atom stereocenters. The fraction of sp³-hybridized carbons (Fsp3) is 0.625. The molecule has 0 bridgehead atoms. The van der Waals surface area contributed by atoms with Gasteiger partial charge in [-0.05, 0) is 55.5 Å². The summed E-state index contributed by atoms with van der Waals surface area (Å²) in [6.45, 7) is 3.29. The van der Waals surface area contributed by atoms with Crippen LogP contribution in [-0.2, 0) is 6.42 Å². The van der Waals surface area contributed by atoms with Crippen LogP contribution in [0.4, 0.5) is 0 Å². The van der Waals surface area contributed by atoms with Gasteiger partial charge in [0.25, 0.3) is 0 Å². The highest BCUT2D eigenvalue weighted by Crippen LogP contribution is 2.32. The van der Waals surface area contributed by atoms with Gasteiger partial charge in [0.15, 0.2) is 0 Å². The Hall–Kier alpha value is -0.240. The van der Waals surface area contributed by atoms with Crippen molar-refractivity contribution in [3.63, 3.8) is 0 Å². The summed E-state index contributed by atoms with van der Waals surface area (Å²) in [5, 5.41) is 5.27. The van der Waals surface area contributed by atoms with Crippen molar-refractivity contribution in [1.29, 1.82) is 0 Å². The Morgan fingerprint density at radius 1 is 1.32 bits per heavy atom. The third kappa shape index (κ3) is 4.66. The van der Waals surface area contributed by atoms with Crippen molar-refractivity contribution in [2.45, 2.75) is 51.5 Å². The number of nitrogens with one attached hydrogen (secondary N) is 1. The van der Waals surface area contributed by atoms with Gasteiger partial charge >= 0.3 is 0 Å². The first-order valence-electron chi connectivity index (χ1n) is 7.36. The molecule has 1 nitrogen and oxygen atoms in total. The summed E-state index contributed by atoms with van der Waals surface area (Å²) in [5.74, 6) is 0.910. The van der Waals surface area contributed by atoms with Crippen molar-refractivity contribution in [1.82, 2.24) is 5.32 Å². The van der Waals surface area contributed by atoms with Crippen LogP contribution < -0.4 is 5.32 Å². The Morgan fingerprint density at radius 2 is 2.11 bits per heavy atom. The van der Waals surface area contributed by atoms with Gasteiger partial charge in [-0.3, -0.25) is 0 Å². The van der Waals surface area contributed by atoms with E-state index in [9.17, 15) is 0 Å². The second kappa shape index (κ2) is 7.52. The van der Waals surface area contributed by atoms with E-state index >= 15 is 0 Å². The van der Waals surface area contributed by atoms with Gasteiger partial charge in [-0.25, -0.2) is 0 Å². The zero-order valence-electron chi connectivity index (χ0n) is 11.6. The summed E-state index contributed by atoms with van der Waals surface area (Å²) >= 11 is 12.3. The van der Waals surface area contributed by atoms with Crippen LogP contribution in [0.25, 0.3) is 0 Å². The van der Waals surface area contributed by atoms with Crippen molar-refractivity contribution >= 4 is 23.2 Å². The Balaban J connectivity index is 1.98. The van der Waals surface area contributed by atoms with Gasteiger partial charge in [0.1, 0.15) is 0 Å². The first-order valence-corrected chi connectivity index (χ1v) is 8.12. The Bertz CT molecular complexity index is 402. The number of halogens is 2. The predicted molar refractivity (Wildman–Crippen MR) is 84.2 cm³/mol. The van der Waals surface area contributed by atoms with Crippen LogP contribution in [-0.4, -0.2) is 12.6 Å². The molecule has 2 rings (SSSR count). The summed E-state index contributed by atoms with van der Waals surface area (Å²) in [6.07, 6.45) is 7.62. The number of hydrogen-bond donors (Lipinski definition) is 1. The molecule has 1 N–H and O–H groups in total. The van der Waals surface area contributed by atoms with Crippen molar-refractivity contribution in [3.05, 3.63) is 33.8 Å². The highest BCUT2D eigenvalue weighted by atomic mass is 35.5. The molecular formula is C16H23Cl2N. The molecule has 1 saturated carbocycles. The lowest BCUT2D eigenvalue weighted by molar-refractivity contribution is 0.259.